The molecular formula is C25H28F3N3O4S. The summed E-state index contributed by atoms with van der Waals surface area (Å²) in [5.74, 6) is -2.61. The molecule has 0 radical (unpaired) electrons. The average Bonchev–Trinajstić information content (AvgIpc) is 3.59. The molecule has 5 rings (SSSR count). The largest absolute Gasteiger partial charge is 0.489 e. The van der Waals surface area contributed by atoms with Crippen molar-refractivity contribution in [3.8, 4) is 5.75 Å². The molecular weight excluding hydrogens is 495 g/mol. The van der Waals surface area contributed by atoms with E-state index in [2.05, 4.69) is 0 Å². The molecule has 1 aliphatic carbocycles. The number of hydrogen-bond donors (Lipinski definition) is 1. The molecule has 3 fully saturated rings. The van der Waals surface area contributed by atoms with Gasteiger partial charge in [-0.1, -0.05) is 6.07 Å². The molecule has 11 heteroatoms. The fraction of sp³-hybridized carbons (Fsp3) is 0.480. The molecule has 2 aromatic rings. The van der Waals surface area contributed by atoms with Crippen LogP contribution in [0.4, 0.5) is 13.2 Å². The zero-order valence-corrected chi connectivity index (χ0v) is 20.5. The molecule has 3 aliphatic rings. The van der Waals surface area contributed by atoms with Crippen LogP contribution in [0.5, 0.6) is 5.75 Å². The molecule has 7 nitrogen and oxygen atoms in total. The Morgan fingerprint density at radius 3 is 2.44 bits per heavy atom. The summed E-state index contributed by atoms with van der Waals surface area (Å²) < 4.78 is 76.1. The molecule has 2 aliphatic heterocycles. The summed E-state index contributed by atoms with van der Waals surface area (Å²) in [5, 5.41) is 0. The first-order valence-electron chi connectivity index (χ1n) is 12.2. The van der Waals surface area contributed by atoms with Gasteiger partial charge in [-0.3, -0.25) is 9.69 Å². The van der Waals surface area contributed by atoms with Crippen LogP contribution in [0.3, 0.4) is 0 Å². The number of hydrogen-bond acceptors (Lipinski definition) is 5. The van der Waals surface area contributed by atoms with Crippen molar-refractivity contribution in [3.05, 3.63) is 64.5 Å². The lowest BCUT2D eigenvalue weighted by atomic mass is 10.0. The van der Waals surface area contributed by atoms with Gasteiger partial charge in [0.15, 0.2) is 0 Å². The minimum atomic E-state index is -3.99. The molecule has 194 valence electrons. The number of nitrogens with one attached hydrogen (secondary N) is 1. The number of benzene rings is 2. The van der Waals surface area contributed by atoms with Crippen LogP contribution in [0, 0.1) is 17.5 Å². The Hall–Kier alpha value is -2.63. The smallest absolute Gasteiger partial charge is 0.304 e. The predicted octanol–water partition coefficient (Wildman–Crippen LogP) is 3.71. The van der Waals surface area contributed by atoms with Gasteiger partial charge in [0, 0.05) is 43.9 Å². The van der Waals surface area contributed by atoms with Crippen molar-refractivity contribution in [1.82, 2.24) is 13.9 Å². The van der Waals surface area contributed by atoms with Crippen LogP contribution >= 0.6 is 0 Å². The van der Waals surface area contributed by atoms with Crippen LogP contribution in [-0.4, -0.2) is 55.8 Å². The number of rotatable bonds is 8. The maximum Gasteiger partial charge on any atom is 0.304 e. The number of ether oxygens (including phenoxy) is 1. The van der Waals surface area contributed by atoms with Crippen molar-refractivity contribution in [1.29, 1.82) is 0 Å². The van der Waals surface area contributed by atoms with E-state index in [-0.39, 0.29) is 17.6 Å². The van der Waals surface area contributed by atoms with Crippen molar-refractivity contribution in [3.63, 3.8) is 0 Å². The molecule has 0 aromatic heterocycles. The predicted molar refractivity (Wildman–Crippen MR) is 126 cm³/mol. The molecule has 1 saturated carbocycles. The van der Waals surface area contributed by atoms with Gasteiger partial charge in [-0.2, -0.15) is 12.7 Å². The van der Waals surface area contributed by atoms with Crippen molar-refractivity contribution in [2.75, 3.05) is 26.2 Å². The van der Waals surface area contributed by atoms with E-state index in [9.17, 15) is 26.4 Å². The van der Waals surface area contributed by atoms with Crippen LogP contribution in [0.1, 0.15) is 59.5 Å². The molecule has 0 bridgehead atoms. The Labute approximate surface area is 208 Å². The lowest BCUT2D eigenvalue weighted by molar-refractivity contribution is 0.0825. The number of carbonyl (C=O) groups excluding carboxylic acids is 1. The van der Waals surface area contributed by atoms with Gasteiger partial charge in [0.1, 0.15) is 29.3 Å². The van der Waals surface area contributed by atoms with Crippen LogP contribution < -0.4 is 9.46 Å². The normalized spacial score (nSPS) is 21.1. The molecule has 0 unspecified atom stereocenters. The summed E-state index contributed by atoms with van der Waals surface area (Å²) in [7, 11) is -3.99. The average molecular weight is 524 g/mol. The Balaban J connectivity index is 1.30. The number of amides is 1. The van der Waals surface area contributed by atoms with Crippen molar-refractivity contribution in [2.24, 2.45) is 0 Å². The molecule has 36 heavy (non-hydrogen) atoms. The summed E-state index contributed by atoms with van der Waals surface area (Å²) in [5.41, 5.74) is 0.750. The van der Waals surface area contributed by atoms with Gasteiger partial charge in [0.25, 0.3) is 5.91 Å². The highest BCUT2D eigenvalue weighted by Gasteiger charge is 2.33. The third-order valence-electron chi connectivity index (χ3n) is 6.90. The highest BCUT2D eigenvalue weighted by molar-refractivity contribution is 7.87. The van der Waals surface area contributed by atoms with Gasteiger partial charge < -0.3 is 4.74 Å². The van der Waals surface area contributed by atoms with E-state index in [1.807, 2.05) is 9.62 Å². The van der Waals surface area contributed by atoms with Gasteiger partial charge in [0.2, 0.25) is 0 Å². The number of piperidine rings is 1. The Kier molecular flexibility index (Phi) is 6.97. The van der Waals surface area contributed by atoms with Crippen molar-refractivity contribution in [2.45, 2.75) is 50.7 Å². The summed E-state index contributed by atoms with van der Waals surface area (Å²) in [6, 6.07) is 6.09. The SMILES string of the molecule is O=C(NS(=O)(=O)N1CCC1)c1cc(C2CC2)c(O[C@@H]2CCCN(Cc3ccc(F)cc3F)C2)cc1F. The van der Waals surface area contributed by atoms with E-state index < -0.39 is 33.6 Å². The van der Waals surface area contributed by atoms with E-state index in [4.69, 9.17) is 4.74 Å². The van der Waals surface area contributed by atoms with Crippen molar-refractivity contribution >= 4 is 16.1 Å². The van der Waals surface area contributed by atoms with E-state index in [0.29, 0.717) is 43.1 Å². The van der Waals surface area contributed by atoms with Crippen LogP contribution in [0.2, 0.25) is 0 Å². The Morgan fingerprint density at radius 2 is 1.78 bits per heavy atom. The highest BCUT2D eigenvalue weighted by atomic mass is 32.2. The summed E-state index contributed by atoms with van der Waals surface area (Å²) in [6.07, 6.45) is 3.71. The summed E-state index contributed by atoms with van der Waals surface area (Å²) >= 11 is 0. The summed E-state index contributed by atoms with van der Waals surface area (Å²) in [4.78, 5) is 14.6. The van der Waals surface area contributed by atoms with E-state index in [1.54, 1.807) is 0 Å². The molecule has 1 N–H and O–H groups in total. The van der Waals surface area contributed by atoms with Gasteiger partial charge in [-0.15, -0.1) is 0 Å². The second-order valence-corrected chi connectivity index (χ2v) is 11.4. The molecule has 1 amide bonds. The van der Waals surface area contributed by atoms with E-state index >= 15 is 0 Å². The van der Waals surface area contributed by atoms with Crippen LogP contribution in [0.25, 0.3) is 0 Å². The first kappa shape index (κ1) is 25.0. The Bertz CT molecular complexity index is 1270. The minimum Gasteiger partial charge on any atom is -0.489 e. The quantitative estimate of drug-likeness (QED) is 0.571. The van der Waals surface area contributed by atoms with Gasteiger partial charge in [-0.05, 0) is 62.3 Å². The van der Waals surface area contributed by atoms with E-state index in [1.165, 1.54) is 18.2 Å². The molecule has 2 aromatic carbocycles. The molecule has 2 heterocycles. The maximum absolute atomic E-state index is 15.0. The van der Waals surface area contributed by atoms with Crippen molar-refractivity contribution < 1.29 is 31.1 Å². The van der Waals surface area contributed by atoms with Gasteiger partial charge >= 0.3 is 10.2 Å². The first-order chi connectivity index (χ1) is 17.2. The Morgan fingerprint density at radius 1 is 1.00 bits per heavy atom. The number of halogens is 3. The third kappa shape index (κ3) is 5.52. The second kappa shape index (κ2) is 10.0. The molecule has 1 atom stereocenters. The molecule has 0 spiro atoms. The fourth-order valence-corrected chi connectivity index (χ4v) is 5.86. The first-order valence-corrected chi connectivity index (χ1v) is 13.6. The second-order valence-electron chi connectivity index (χ2n) is 9.69. The zero-order valence-electron chi connectivity index (χ0n) is 19.7. The van der Waals surface area contributed by atoms with Gasteiger partial charge in [-0.25, -0.2) is 17.9 Å². The number of likely N-dealkylation sites (tertiary alicyclic amines) is 1. The lowest BCUT2D eigenvalue weighted by Gasteiger charge is -2.33. The van der Waals surface area contributed by atoms with Gasteiger partial charge in [0.05, 0.1) is 5.56 Å². The van der Waals surface area contributed by atoms with Crippen LogP contribution in [0.15, 0.2) is 30.3 Å². The van der Waals surface area contributed by atoms with Crippen LogP contribution in [-0.2, 0) is 16.8 Å². The third-order valence-corrected chi connectivity index (χ3v) is 8.39. The monoisotopic (exact) mass is 523 g/mol. The molecule has 2 saturated heterocycles. The van der Waals surface area contributed by atoms with E-state index in [0.717, 1.165) is 55.1 Å². The lowest BCUT2D eigenvalue weighted by Crippen LogP contribution is -2.49. The summed E-state index contributed by atoms with van der Waals surface area (Å²) in [6.45, 7) is 2.18. The maximum atomic E-state index is 15.0. The number of carbonyl (C=O) groups is 1. The minimum absolute atomic E-state index is 0.118. The fourth-order valence-electron chi connectivity index (χ4n) is 4.65. The number of nitrogens with zero attached hydrogens (tertiary/aromatic N) is 2. The topological polar surface area (TPSA) is 79.0 Å². The standard InChI is InChI=1S/C25H28F3N3O4S/c26-18-7-6-17(22(27)11-18)14-30-8-1-3-19(15-30)35-24-13-23(28)21(12-20(24)16-4-5-16)25(32)29-36(33,34)31-9-2-10-31/h6-7,11-13,16,19H,1-5,8-10,14-15H2,(H,29,32)/t19-/m1/s1. The zero-order chi connectivity index (χ0) is 25.4. The highest BCUT2D eigenvalue weighted by Crippen LogP contribution is 2.45.